The van der Waals surface area contributed by atoms with Gasteiger partial charge in [-0.05, 0) is 156 Å². The lowest BCUT2D eigenvalue weighted by molar-refractivity contribution is -0.192. The minimum Gasteiger partial charge on any atom is -0.477 e. The van der Waals surface area contributed by atoms with Gasteiger partial charge in [0.1, 0.15) is 11.5 Å². The largest absolute Gasteiger partial charge is 0.490 e. The van der Waals surface area contributed by atoms with E-state index in [-0.39, 0.29) is 0 Å². The van der Waals surface area contributed by atoms with E-state index in [1.54, 1.807) is 0 Å². The summed E-state index contributed by atoms with van der Waals surface area (Å²) < 4.78 is 60.2. The van der Waals surface area contributed by atoms with Crippen LogP contribution < -0.4 is 16.2 Å². The Morgan fingerprint density at radius 2 is 1.13 bits per heavy atom. The van der Waals surface area contributed by atoms with Crippen molar-refractivity contribution >= 4 is 32.5 Å². The first kappa shape index (κ1) is 57.6. The number of benzene rings is 3. The number of carboxylic acid groups (broad SMARTS) is 2. The topological polar surface area (TPSA) is 142 Å². The van der Waals surface area contributed by atoms with Crippen LogP contribution in [0.2, 0.25) is 0 Å². The molecule has 0 aliphatic heterocycles. The lowest BCUT2D eigenvalue weighted by atomic mass is 9.81. The van der Waals surface area contributed by atoms with Crippen LogP contribution in [-0.2, 0) is 35.8 Å². The van der Waals surface area contributed by atoms with Crippen LogP contribution in [0, 0.1) is 30.6 Å². The number of thiophene rings is 1. The molecule has 1 heterocycles. The average Bonchev–Trinajstić information content (AvgIpc) is 3.84. The molecule has 1 atom stereocenters. The summed E-state index contributed by atoms with van der Waals surface area (Å²) in [6.45, 7) is 10.5. The Bertz CT molecular complexity index is 2030. The Morgan fingerprint density at radius 1 is 0.623 bits per heavy atom. The highest BCUT2D eigenvalue weighted by molar-refractivity contribution is 7.20. The Morgan fingerprint density at radius 3 is 1.62 bits per heavy atom. The van der Waals surface area contributed by atoms with Crippen molar-refractivity contribution in [3.8, 4) is 11.5 Å². The molecule has 0 radical (unpaired) electrons. The fourth-order valence-electron chi connectivity index (χ4n) is 9.35. The summed E-state index contributed by atoms with van der Waals surface area (Å²) in [5.41, 5.74) is 13.2. The van der Waals surface area contributed by atoms with Gasteiger partial charge in [0.15, 0.2) is 0 Å². The predicted molar refractivity (Wildman–Crippen MR) is 269 cm³/mol. The SMILES string of the molecule is Cc1cccc(Oc2ccc(CN(Cc3cccc(CN)c3)CC3CCCCC3)cc2)c1.NCC1CCC(CN(Cc2cccs2)CC2CCCCC2)CC1.O=C(O)C(F)(F)F.O=C(O)C(F)(F)P. The Kier molecular flexibility index (Phi) is 25.1. The molecule has 0 amide bonds. The van der Waals surface area contributed by atoms with Crippen molar-refractivity contribution in [3.63, 3.8) is 0 Å². The molecule has 16 heteroatoms. The molecule has 69 heavy (non-hydrogen) atoms. The maximum absolute atomic E-state index is 11.2. The van der Waals surface area contributed by atoms with Crippen molar-refractivity contribution in [1.29, 1.82) is 0 Å². The molecule has 1 unspecified atom stereocenters. The maximum atomic E-state index is 11.2. The lowest BCUT2D eigenvalue weighted by Crippen LogP contribution is -2.35. The van der Waals surface area contributed by atoms with Crippen molar-refractivity contribution in [2.75, 3.05) is 26.2 Å². The van der Waals surface area contributed by atoms with Gasteiger partial charge < -0.3 is 26.4 Å². The van der Waals surface area contributed by atoms with Crippen molar-refractivity contribution in [2.24, 2.45) is 35.1 Å². The molecule has 7 rings (SSSR count). The third-order valence-corrected chi connectivity index (χ3v) is 14.1. The van der Waals surface area contributed by atoms with Gasteiger partial charge in [-0.3, -0.25) is 9.80 Å². The van der Waals surface area contributed by atoms with Gasteiger partial charge in [0.25, 0.3) is 0 Å². The number of hydrogen-bond acceptors (Lipinski definition) is 8. The zero-order valence-electron chi connectivity index (χ0n) is 40.1. The van der Waals surface area contributed by atoms with Gasteiger partial charge in [0.2, 0.25) is 0 Å². The molecule has 382 valence electrons. The Balaban J connectivity index is 0.000000242. The van der Waals surface area contributed by atoms with E-state index < -0.39 is 23.8 Å². The summed E-state index contributed by atoms with van der Waals surface area (Å²) in [6, 6.07) is 30.0. The van der Waals surface area contributed by atoms with E-state index in [0.29, 0.717) is 6.54 Å². The molecular weight excluding hydrogens is 931 g/mol. The second kappa shape index (κ2) is 30.0. The molecule has 4 aromatic rings. The molecule has 3 aromatic carbocycles. The number of aryl methyl sites for hydroxylation is 1. The van der Waals surface area contributed by atoms with Crippen LogP contribution in [0.5, 0.6) is 11.5 Å². The van der Waals surface area contributed by atoms with E-state index in [9.17, 15) is 26.7 Å². The third-order valence-electron chi connectivity index (χ3n) is 13.0. The van der Waals surface area contributed by atoms with Crippen molar-refractivity contribution in [2.45, 2.75) is 135 Å². The van der Waals surface area contributed by atoms with E-state index in [0.717, 1.165) is 70.6 Å². The van der Waals surface area contributed by atoms with Crippen LogP contribution in [0.15, 0.2) is 90.3 Å². The highest BCUT2D eigenvalue weighted by Crippen LogP contribution is 2.32. The second-order valence-electron chi connectivity index (χ2n) is 18.9. The van der Waals surface area contributed by atoms with Crippen LogP contribution >= 0.6 is 20.6 Å². The molecule has 0 saturated heterocycles. The smallest absolute Gasteiger partial charge is 0.477 e. The second-order valence-corrected chi connectivity index (χ2v) is 20.6. The van der Waals surface area contributed by atoms with Gasteiger partial charge in [-0.1, -0.05) is 93.1 Å². The fraction of sp³-hybridized carbons (Fsp3) is 0.547. The normalized spacial score (nSPS) is 18.0. The number of carboxylic acids is 2. The summed E-state index contributed by atoms with van der Waals surface area (Å²) in [6.07, 6.45) is 14.6. The quantitative estimate of drug-likeness (QED) is 0.0601. The van der Waals surface area contributed by atoms with Gasteiger partial charge in [0.05, 0.1) is 0 Å². The Hall–Kier alpha value is -3.98. The van der Waals surface area contributed by atoms with Crippen LogP contribution in [0.1, 0.15) is 117 Å². The van der Waals surface area contributed by atoms with E-state index in [4.69, 9.17) is 31.2 Å². The molecule has 3 fully saturated rings. The van der Waals surface area contributed by atoms with Gasteiger partial charge in [-0.15, -0.1) is 11.3 Å². The van der Waals surface area contributed by atoms with E-state index in [2.05, 4.69) is 94.9 Å². The van der Waals surface area contributed by atoms with Crippen LogP contribution in [0.4, 0.5) is 22.0 Å². The molecule has 9 nitrogen and oxygen atoms in total. The lowest BCUT2D eigenvalue weighted by Gasteiger charge is -2.35. The van der Waals surface area contributed by atoms with Crippen molar-refractivity contribution < 1.29 is 46.5 Å². The minimum atomic E-state index is -5.08. The summed E-state index contributed by atoms with van der Waals surface area (Å²) in [5.74, 6) is 0.349. The van der Waals surface area contributed by atoms with Gasteiger partial charge >= 0.3 is 23.8 Å². The number of halogens is 5. The first-order valence-corrected chi connectivity index (χ1v) is 25.8. The van der Waals surface area contributed by atoms with Gasteiger partial charge in [-0.2, -0.15) is 22.0 Å². The van der Waals surface area contributed by atoms with Gasteiger partial charge in [0, 0.05) is 50.7 Å². The number of ether oxygens (including phenoxy) is 1. The molecule has 3 aliphatic carbocycles. The minimum absolute atomic E-state index is 0.596. The zero-order chi connectivity index (χ0) is 50.2. The fourth-order valence-corrected chi connectivity index (χ4v) is 10.1. The monoisotopic (exact) mass is 1000 g/mol. The molecule has 0 spiro atoms. The number of nitrogens with zero attached hydrogens (tertiary/aromatic N) is 2. The van der Waals surface area contributed by atoms with Crippen LogP contribution in [0.3, 0.4) is 0 Å². The standard InChI is InChI=1S/C29H36N2O.C20H34N2S.C2HF3O2.C2H3F2O2P/c1-23-7-5-12-29(17-23)32-28-15-13-25(14-16-28)21-31(20-24-8-3-2-4-9-24)22-27-11-6-10-26(18-27)19-30;21-13-17-8-10-19(11-9-17)15-22(16-20-7-4-12-23-20)14-18-5-2-1-3-6-18;3-2(4,5)1(6)7;3-2(4,7)1(5)6/h5-7,10-18,24H,2-4,8-9,19-22,30H2,1H3;4,7,12,17-19H,1-3,5-6,8-11,13-16,21H2;(H,6,7);7H2,(H,5,6). The van der Waals surface area contributed by atoms with Crippen LogP contribution in [-0.4, -0.2) is 70.0 Å². The zero-order valence-corrected chi connectivity index (χ0v) is 42.0. The summed E-state index contributed by atoms with van der Waals surface area (Å²) in [4.78, 5) is 25.1. The number of carbonyl (C=O) groups is 2. The summed E-state index contributed by atoms with van der Waals surface area (Å²) in [7, 11) is 0.898. The number of alkyl halides is 5. The van der Waals surface area contributed by atoms with E-state index >= 15 is 0 Å². The van der Waals surface area contributed by atoms with Crippen molar-refractivity contribution in [1.82, 2.24) is 9.80 Å². The Labute approximate surface area is 412 Å². The number of nitrogens with two attached hydrogens (primary N) is 2. The van der Waals surface area contributed by atoms with E-state index in [1.165, 1.54) is 137 Å². The molecule has 1 aromatic heterocycles. The summed E-state index contributed by atoms with van der Waals surface area (Å²) in [5, 5.41) is 16.8. The molecule has 0 bridgehead atoms. The number of rotatable bonds is 17. The highest BCUT2D eigenvalue weighted by Gasteiger charge is 2.38. The van der Waals surface area contributed by atoms with Crippen LogP contribution in [0.25, 0.3) is 0 Å². The number of aliphatic carboxylic acids is 2. The maximum Gasteiger partial charge on any atom is 0.490 e. The molecule has 3 aliphatic rings. The van der Waals surface area contributed by atoms with Gasteiger partial charge in [-0.25, -0.2) is 9.59 Å². The third kappa shape index (κ3) is 23.2. The summed E-state index contributed by atoms with van der Waals surface area (Å²) >= 11 is 1.92. The first-order valence-electron chi connectivity index (χ1n) is 24.4. The molecule has 3 saturated carbocycles. The highest BCUT2D eigenvalue weighted by atomic mass is 32.1. The number of hydrogen-bond donors (Lipinski definition) is 4. The van der Waals surface area contributed by atoms with Crippen molar-refractivity contribution in [3.05, 3.63) is 117 Å². The average molecular weight is 1010 g/mol. The first-order chi connectivity index (χ1) is 32.9. The molecular formula is C53H74F5N4O5PS. The predicted octanol–water partition coefficient (Wildman–Crippen LogP) is 12.9. The van der Waals surface area contributed by atoms with E-state index in [1.807, 2.05) is 23.5 Å². The molecule has 6 N–H and O–H groups in total.